The highest BCUT2D eigenvalue weighted by Gasteiger charge is 2.25. The van der Waals surface area contributed by atoms with Crippen LogP contribution in [0.3, 0.4) is 0 Å². The SMILES string of the molecule is Cc1c(F)cc(C#N)cc1NC1CCOC(C(C)C)C1. The van der Waals surface area contributed by atoms with Gasteiger partial charge in [0.1, 0.15) is 5.82 Å². The van der Waals surface area contributed by atoms with Gasteiger partial charge in [-0.2, -0.15) is 5.26 Å². The number of nitrogens with zero attached hydrogens (tertiary/aromatic N) is 1. The Morgan fingerprint density at radius 1 is 1.45 bits per heavy atom. The largest absolute Gasteiger partial charge is 0.382 e. The van der Waals surface area contributed by atoms with Crippen molar-refractivity contribution in [2.45, 2.75) is 45.8 Å². The zero-order valence-electron chi connectivity index (χ0n) is 12.2. The maximum atomic E-state index is 13.8. The Hall–Kier alpha value is -1.60. The predicted molar refractivity (Wildman–Crippen MR) is 77.1 cm³/mol. The van der Waals surface area contributed by atoms with Crippen LogP contribution in [0.4, 0.5) is 10.1 Å². The number of nitriles is 1. The summed E-state index contributed by atoms with van der Waals surface area (Å²) in [6, 6.07) is 5.26. The zero-order chi connectivity index (χ0) is 14.7. The zero-order valence-corrected chi connectivity index (χ0v) is 12.2. The summed E-state index contributed by atoms with van der Waals surface area (Å²) in [5.74, 6) is 0.141. The third-order valence-corrected chi connectivity index (χ3v) is 3.89. The highest BCUT2D eigenvalue weighted by molar-refractivity contribution is 5.56. The number of hydrogen-bond acceptors (Lipinski definition) is 3. The summed E-state index contributed by atoms with van der Waals surface area (Å²) in [5.41, 5.74) is 1.63. The van der Waals surface area contributed by atoms with Gasteiger partial charge in [0.15, 0.2) is 0 Å². The fourth-order valence-electron chi connectivity index (χ4n) is 2.54. The van der Waals surface area contributed by atoms with Crippen LogP contribution in [0.5, 0.6) is 0 Å². The summed E-state index contributed by atoms with van der Waals surface area (Å²) in [6.45, 7) is 6.75. The van der Waals surface area contributed by atoms with Crippen LogP contribution in [0.25, 0.3) is 0 Å². The van der Waals surface area contributed by atoms with Crippen LogP contribution in [0.2, 0.25) is 0 Å². The molecular weight excluding hydrogens is 255 g/mol. The number of ether oxygens (including phenoxy) is 1. The lowest BCUT2D eigenvalue weighted by Crippen LogP contribution is -2.36. The lowest BCUT2D eigenvalue weighted by molar-refractivity contribution is -0.0160. The molecule has 4 heteroatoms. The monoisotopic (exact) mass is 276 g/mol. The van der Waals surface area contributed by atoms with E-state index in [1.807, 2.05) is 6.07 Å². The maximum Gasteiger partial charge on any atom is 0.129 e. The van der Waals surface area contributed by atoms with Crippen molar-refractivity contribution in [2.75, 3.05) is 11.9 Å². The van der Waals surface area contributed by atoms with Gasteiger partial charge in [0.2, 0.25) is 0 Å². The van der Waals surface area contributed by atoms with Gasteiger partial charge in [-0.15, -0.1) is 0 Å². The Morgan fingerprint density at radius 2 is 2.20 bits per heavy atom. The fourth-order valence-corrected chi connectivity index (χ4v) is 2.54. The van der Waals surface area contributed by atoms with Gasteiger partial charge >= 0.3 is 0 Å². The van der Waals surface area contributed by atoms with E-state index in [-0.39, 0.29) is 18.0 Å². The molecule has 2 rings (SSSR count). The van der Waals surface area contributed by atoms with E-state index in [1.54, 1.807) is 13.0 Å². The number of hydrogen-bond donors (Lipinski definition) is 1. The first-order chi connectivity index (χ1) is 9.51. The van der Waals surface area contributed by atoms with Gasteiger partial charge in [0.25, 0.3) is 0 Å². The van der Waals surface area contributed by atoms with Gasteiger partial charge in [0.05, 0.1) is 17.7 Å². The highest BCUT2D eigenvalue weighted by atomic mass is 19.1. The molecule has 0 aliphatic carbocycles. The second-order valence-corrected chi connectivity index (χ2v) is 5.76. The second-order valence-electron chi connectivity index (χ2n) is 5.76. The van der Waals surface area contributed by atoms with Crippen LogP contribution < -0.4 is 5.32 Å². The van der Waals surface area contributed by atoms with Gasteiger partial charge in [-0.25, -0.2) is 4.39 Å². The molecule has 2 unspecified atom stereocenters. The topological polar surface area (TPSA) is 45.0 Å². The first-order valence-electron chi connectivity index (χ1n) is 7.09. The van der Waals surface area contributed by atoms with Crippen molar-refractivity contribution in [1.29, 1.82) is 5.26 Å². The van der Waals surface area contributed by atoms with E-state index in [4.69, 9.17) is 10.00 Å². The van der Waals surface area contributed by atoms with E-state index in [0.717, 1.165) is 25.1 Å². The number of nitrogens with one attached hydrogen (secondary N) is 1. The number of rotatable bonds is 3. The molecule has 1 aromatic rings. The van der Waals surface area contributed by atoms with Crippen molar-refractivity contribution >= 4 is 5.69 Å². The molecule has 108 valence electrons. The fraction of sp³-hybridized carbons (Fsp3) is 0.562. The van der Waals surface area contributed by atoms with E-state index < -0.39 is 0 Å². The molecular formula is C16H21FN2O. The van der Waals surface area contributed by atoms with E-state index >= 15 is 0 Å². The molecule has 0 amide bonds. The van der Waals surface area contributed by atoms with E-state index in [2.05, 4.69) is 19.2 Å². The van der Waals surface area contributed by atoms with Crippen molar-refractivity contribution in [1.82, 2.24) is 0 Å². The first-order valence-corrected chi connectivity index (χ1v) is 7.09. The van der Waals surface area contributed by atoms with Crippen LogP contribution in [0, 0.1) is 30.0 Å². The molecule has 0 aromatic heterocycles. The molecule has 1 saturated heterocycles. The van der Waals surface area contributed by atoms with Gasteiger partial charge in [-0.1, -0.05) is 13.8 Å². The molecule has 1 heterocycles. The van der Waals surface area contributed by atoms with E-state index in [0.29, 0.717) is 17.0 Å². The van der Waals surface area contributed by atoms with Gasteiger partial charge in [0, 0.05) is 23.9 Å². The maximum absolute atomic E-state index is 13.8. The molecule has 1 fully saturated rings. The van der Waals surface area contributed by atoms with Gasteiger partial charge in [-0.3, -0.25) is 0 Å². The molecule has 1 aliphatic rings. The Labute approximate surface area is 119 Å². The van der Waals surface area contributed by atoms with Crippen molar-refractivity contribution in [3.05, 3.63) is 29.1 Å². The molecule has 0 bridgehead atoms. The number of halogens is 1. The lowest BCUT2D eigenvalue weighted by Gasteiger charge is -2.33. The van der Waals surface area contributed by atoms with Crippen LogP contribution in [0.1, 0.15) is 37.8 Å². The molecule has 1 N–H and O–H groups in total. The third kappa shape index (κ3) is 3.29. The normalized spacial score (nSPS) is 22.6. The van der Waals surface area contributed by atoms with Crippen LogP contribution in [0.15, 0.2) is 12.1 Å². The molecule has 0 spiro atoms. The van der Waals surface area contributed by atoms with Crippen LogP contribution in [-0.4, -0.2) is 18.8 Å². The van der Waals surface area contributed by atoms with Crippen molar-refractivity contribution in [2.24, 2.45) is 5.92 Å². The molecule has 3 nitrogen and oxygen atoms in total. The van der Waals surface area contributed by atoms with Crippen molar-refractivity contribution < 1.29 is 9.13 Å². The van der Waals surface area contributed by atoms with Gasteiger partial charge in [-0.05, 0) is 37.8 Å². The second kappa shape index (κ2) is 6.23. The quantitative estimate of drug-likeness (QED) is 0.917. The number of anilines is 1. The average Bonchev–Trinajstić information content (AvgIpc) is 2.43. The summed E-state index contributed by atoms with van der Waals surface area (Å²) in [7, 11) is 0. The summed E-state index contributed by atoms with van der Waals surface area (Å²) in [5, 5.41) is 12.3. The average molecular weight is 276 g/mol. The lowest BCUT2D eigenvalue weighted by atomic mass is 9.95. The summed E-state index contributed by atoms with van der Waals surface area (Å²) in [4.78, 5) is 0. The van der Waals surface area contributed by atoms with Crippen LogP contribution >= 0.6 is 0 Å². The van der Waals surface area contributed by atoms with E-state index in [1.165, 1.54) is 6.07 Å². The third-order valence-electron chi connectivity index (χ3n) is 3.89. The summed E-state index contributed by atoms with van der Waals surface area (Å²) in [6.07, 6.45) is 2.06. The Bertz CT molecular complexity index is 522. The molecule has 0 radical (unpaired) electrons. The Balaban J connectivity index is 2.14. The van der Waals surface area contributed by atoms with Crippen LogP contribution in [-0.2, 0) is 4.74 Å². The molecule has 1 aliphatic heterocycles. The van der Waals surface area contributed by atoms with Crippen molar-refractivity contribution in [3.8, 4) is 6.07 Å². The smallest absolute Gasteiger partial charge is 0.129 e. The summed E-state index contributed by atoms with van der Waals surface area (Å²) < 4.78 is 19.5. The minimum absolute atomic E-state index is 0.241. The molecule has 20 heavy (non-hydrogen) atoms. The van der Waals surface area contributed by atoms with Crippen molar-refractivity contribution in [3.63, 3.8) is 0 Å². The summed E-state index contributed by atoms with van der Waals surface area (Å²) >= 11 is 0. The Morgan fingerprint density at radius 3 is 2.85 bits per heavy atom. The number of benzene rings is 1. The minimum atomic E-state index is -0.334. The minimum Gasteiger partial charge on any atom is -0.382 e. The van der Waals surface area contributed by atoms with Gasteiger partial charge < -0.3 is 10.1 Å². The standard InChI is InChI=1S/C16H21FN2O/c1-10(2)16-8-13(4-5-20-16)19-15-7-12(9-18)6-14(17)11(15)3/h6-7,10,13,16,19H,4-5,8H2,1-3H3. The first kappa shape index (κ1) is 14.8. The van der Waals surface area contributed by atoms with E-state index in [9.17, 15) is 4.39 Å². The molecule has 2 atom stereocenters. The molecule has 0 saturated carbocycles. The Kier molecular flexibility index (Phi) is 4.61. The molecule has 1 aromatic carbocycles. The highest BCUT2D eigenvalue weighted by Crippen LogP contribution is 2.26. The predicted octanol–water partition coefficient (Wildman–Crippen LogP) is 3.62.